The van der Waals surface area contributed by atoms with Crippen molar-refractivity contribution < 1.29 is 22.5 Å². The molecule has 9 nitrogen and oxygen atoms in total. The second-order valence-electron chi connectivity index (χ2n) is 7.75. The molecule has 0 aliphatic carbocycles. The Bertz CT molecular complexity index is 1180. The number of nitrogens with zero attached hydrogens (tertiary/aromatic N) is 3. The van der Waals surface area contributed by atoms with E-state index in [9.17, 15) is 13.2 Å². The van der Waals surface area contributed by atoms with E-state index in [-0.39, 0.29) is 23.6 Å². The fourth-order valence-electron chi connectivity index (χ4n) is 3.67. The average Bonchev–Trinajstić information content (AvgIpc) is 3.43. The van der Waals surface area contributed by atoms with Crippen LogP contribution in [0.1, 0.15) is 38.0 Å². The molecule has 1 N–H and O–H groups in total. The highest BCUT2D eigenvalue weighted by atomic mass is 32.2. The molecule has 0 radical (unpaired) electrons. The topological polar surface area (TPSA) is 115 Å². The van der Waals surface area contributed by atoms with Gasteiger partial charge in [-0.05, 0) is 42.5 Å². The molecule has 11 heteroatoms. The van der Waals surface area contributed by atoms with Gasteiger partial charge in [0.1, 0.15) is 5.75 Å². The van der Waals surface area contributed by atoms with E-state index in [4.69, 9.17) is 9.26 Å². The zero-order valence-corrected chi connectivity index (χ0v) is 20.0. The third kappa shape index (κ3) is 5.60. The summed E-state index contributed by atoms with van der Waals surface area (Å²) in [6, 6.07) is 6.42. The molecule has 33 heavy (non-hydrogen) atoms. The van der Waals surface area contributed by atoms with Crippen molar-refractivity contribution in [2.75, 3.05) is 25.5 Å². The van der Waals surface area contributed by atoms with Crippen molar-refractivity contribution in [1.29, 1.82) is 0 Å². The molecule has 0 unspecified atom stereocenters. The Labute approximate surface area is 196 Å². The number of benzene rings is 1. The van der Waals surface area contributed by atoms with Gasteiger partial charge >= 0.3 is 0 Å². The number of amides is 1. The van der Waals surface area contributed by atoms with Crippen LogP contribution in [0.4, 0.5) is 5.69 Å². The normalized spacial score (nSPS) is 15.2. The maximum absolute atomic E-state index is 13.1. The number of thiophene rings is 1. The second-order valence-corrected chi connectivity index (χ2v) is 10.5. The third-order valence-corrected chi connectivity index (χ3v) is 8.04. The summed E-state index contributed by atoms with van der Waals surface area (Å²) in [6.07, 6.45) is 4.12. The first-order valence-corrected chi connectivity index (χ1v) is 13.2. The number of nitrogens with one attached hydrogen (secondary N) is 1. The molecule has 176 valence electrons. The van der Waals surface area contributed by atoms with E-state index in [2.05, 4.69) is 15.5 Å². The van der Waals surface area contributed by atoms with Crippen molar-refractivity contribution in [2.45, 2.75) is 43.4 Å². The van der Waals surface area contributed by atoms with Crippen molar-refractivity contribution in [3.8, 4) is 17.1 Å². The van der Waals surface area contributed by atoms with Crippen LogP contribution in [0.5, 0.6) is 5.75 Å². The van der Waals surface area contributed by atoms with Gasteiger partial charge in [0.15, 0.2) is 0 Å². The number of aromatic nitrogens is 2. The summed E-state index contributed by atoms with van der Waals surface area (Å²) >= 11 is 1.54. The van der Waals surface area contributed by atoms with E-state index in [1.54, 1.807) is 6.07 Å². The van der Waals surface area contributed by atoms with Crippen LogP contribution >= 0.6 is 11.3 Å². The molecule has 1 aliphatic rings. The summed E-state index contributed by atoms with van der Waals surface area (Å²) in [6.45, 7) is 1.02. The van der Waals surface area contributed by atoms with Gasteiger partial charge in [0.05, 0.1) is 17.7 Å². The van der Waals surface area contributed by atoms with Crippen LogP contribution in [0.2, 0.25) is 0 Å². The standard InChI is InChI=1S/C22H26N4O5S2/c1-30-19-7-6-17(33(28,29)26-11-4-2-3-5-12-26)14-18(19)23-20(27)8-9-21-24-22(25-31-21)16-10-13-32-15-16/h6-7,10,13-15H,2-5,8-9,11-12H2,1H3,(H,23,27). The fraction of sp³-hybridized carbons (Fsp3) is 0.409. The molecule has 0 bridgehead atoms. The molecule has 0 atom stereocenters. The maximum atomic E-state index is 13.1. The SMILES string of the molecule is COc1ccc(S(=O)(=O)N2CCCCCC2)cc1NC(=O)CCc1nc(-c2ccsc2)no1. The van der Waals surface area contributed by atoms with Crippen LogP contribution in [-0.4, -0.2) is 49.0 Å². The fourth-order valence-corrected chi connectivity index (χ4v) is 5.85. The Balaban J connectivity index is 1.44. The number of ether oxygens (including phenoxy) is 1. The predicted octanol–water partition coefficient (Wildman–Crippen LogP) is 3.94. The number of rotatable bonds is 8. The van der Waals surface area contributed by atoms with Crippen LogP contribution in [0.25, 0.3) is 11.4 Å². The Kier molecular flexibility index (Phi) is 7.41. The zero-order valence-electron chi connectivity index (χ0n) is 18.3. The molecule has 4 rings (SSSR count). The van der Waals surface area contributed by atoms with Gasteiger partial charge in [-0.3, -0.25) is 4.79 Å². The first kappa shape index (κ1) is 23.4. The highest BCUT2D eigenvalue weighted by Crippen LogP contribution is 2.30. The zero-order chi connectivity index (χ0) is 23.3. The van der Waals surface area contributed by atoms with Gasteiger partial charge < -0.3 is 14.6 Å². The summed E-state index contributed by atoms with van der Waals surface area (Å²) in [5, 5.41) is 10.5. The van der Waals surface area contributed by atoms with Crippen LogP contribution in [0.15, 0.2) is 44.4 Å². The van der Waals surface area contributed by atoms with E-state index < -0.39 is 10.0 Å². The third-order valence-electron chi connectivity index (χ3n) is 5.46. The van der Waals surface area contributed by atoms with E-state index in [1.807, 2.05) is 16.8 Å². The molecule has 1 fully saturated rings. The van der Waals surface area contributed by atoms with Gasteiger partial charge in [0.25, 0.3) is 0 Å². The van der Waals surface area contributed by atoms with Crippen molar-refractivity contribution >= 4 is 33.0 Å². The first-order valence-electron chi connectivity index (χ1n) is 10.8. The molecule has 3 heterocycles. The lowest BCUT2D eigenvalue weighted by Crippen LogP contribution is -2.32. The van der Waals surface area contributed by atoms with Crippen molar-refractivity contribution in [3.63, 3.8) is 0 Å². The maximum Gasteiger partial charge on any atom is 0.243 e. The lowest BCUT2D eigenvalue weighted by molar-refractivity contribution is -0.116. The lowest BCUT2D eigenvalue weighted by Gasteiger charge is -2.21. The van der Waals surface area contributed by atoms with Gasteiger partial charge in [0.2, 0.25) is 27.6 Å². The van der Waals surface area contributed by atoms with Gasteiger partial charge in [-0.25, -0.2) is 8.42 Å². The van der Waals surface area contributed by atoms with Gasteiger partial charge in [0, 0.05) is 36.9 Å². The smallest absolute Gasteiger partial charge is 0.243 e. The summed E-state index contributed by atoms with van der Waals surface area (Å²) in [5.74, 6) is 0.916. The van der Waals surface area contributed by atoms with Crippen LogP contribution in [0.3, 0.4) is 0 Å². The second kappa shape index (κ2) is 10.4. The Morgan fingerprint density at radius 1 is 1.21 bits per heavy atom. The van der Waals surface area contributed by atoms with Crippen molar-refractivity contribution in [1.82, 2.24) is 14.4 Å². The monoisotopic (exact) mass is 490 g/mol. The molecular formula is C22H26N4O5S2. The van der Waals surface area contributed by atoms with E-state index >= 15 is 0 Å². The molecule has 1 saturated heterocycles. The number of carbonyl (C=O) groups is 1. The van der Waals surface area contributed by atoms with Gasteiger partial charge in [-0.15, -0.1) is 0 Å². The van der Waals surface area contributed by atoms with Crippen LogP contribution in [-0.2, 0) is 21.2 Å². The van der Waals surface area contributed by atoms with Crippen LogP contribution < -0.4 is 10.1 Å². The molecule has 0 spiro atoms. The summed E-state index contributed by atoms with van der Waals surface area (Å²) in [4.78, 5) is 17.0. The minimum Gasteiger partial charge on any atom is -0.495 e. The molecule has 1 aliphatic heterocycles. The summed E-state index contributed by atoms with van der Waals surface area (Å²) in [5.41, 5.74) is 1.18. The molecule has 1 aromatic carbocycles. The van der Waals surface area contributed by atoms with E-state index in [1.165, 1.54) is 34.9 Å². The van der Waals surface area contributed by atoms with Crippen molar-refractivity contribution in [3.05, 3.63) is 40.9 Å². The quantitative estimate of drug-likeness (QED) is 0.508. The van der Waals surface area contributed by atoms with Gasteiger partial charge in [-0.2, -0.15) is 20.6 Å². The van der Waals surface area contributed by atoms with Gasteiger partial charge in [-0.1, -0.05) is 18.0 Å². The molecule has 2 aromatic heterocycles. The molecule has 0 saturated carbocycles. The predicted molar refractivity (Wildman–Crippen MR) is 125 cm³/mol. The summed E-state index contributed by atoms with van der Waals surface area (Å²) in [7, 11) is -2.18. The molecule has 1 amide bonds. The van der Waals surface area contributed by atoms with E-state index in [0.717, 1.165) is 31.2 Å². The minimum atomic E-state index is -3.65. The number of anilines is 1. The summed E-state index contributed by atoms with van der Waals surface area (Å²) < 4.78 is 38.3. The Hall–Kier alpha value is -2.76. The lowest BCUT2D eigenvalue weighted by atomic mass is 10.2. The highest BCUT2D eigenvalue weighted by Gasteiger charge is 2.26. The number of hydrogen-bond donors (Lipinski definition) is 1. The molecular weight excluding hydrogens is 464 g/mol. The number of carbonyl (C=O) groups excluding carboxylic acids is 1. The van der Waals surface area contributed by atoms with Crippen molar-refractivity contribution in [2.24, 2.45) is 0 Å². The minimum absolute atomic E-state index is 0.0948. The van der Waals surface area contributed by atoms with E-state index in [0.29, 0.717) is 36.2 Å². The first-order chi connectivity index (χ1) is 16.0. The largest absolute Gasteiger partial charge is 0.495 e. The molecule has 3 aromatic rings. The van der Waals surface area contributed by atoms with Crippen LogP contribution in [0, 0.1) is 0 Å². The number of aryl methyl sites for hydroxylation is 1. The highest BCUT2D eigenvalue weighted by molar-refractivity contribution is 7.89. The number of methoxy groups -OCH3 is 1. The average molecular weight is 491 g/mol. The Morgan fingerprint density at radius 2 is 2.00 bits per heavy atom. The Morgan fingerprint density at radius 3 is 2.70 bits per heavy atom. The number of hydrogen-bond acceptors (Lipinski definition) is 8. The number of sulfonamides is 1.